The lowest BCUT2D eigenvalue weighted by molar-refractivity contribution is 0.241. The van der Waals surface area contributed by atoms with Crippen molar-refractivity contribution in [3.8, 4) is 5.75 Å². The van der Waals surface area contributed by atoms with E-state index in [1.807, 2.05) is 31.2 Å². The number of hydrogen-bond donors (Lipinski definition) is 2. The van der Waals surface area contributed by atoms with Gasteiger partial charge in [-0.1, -0.05) is 37.5 Å². The Morgan fingerprint density at radius 3 is 2.55 bits per heavy atom. The van der Waals surface area contributed by atoms with Crippen LogP contribution in [0.25, 0.3) is 0 Å². The molecule has 0 bridgehead atoms. The predicted octanol–water partition coefficient (Wildman–Crippen LogP) is 4.15. The third-order valence-electron chi connectivity index (χ3n) is 4.20. The van der Waals surface area contributed by atoms with E-state index in [-0.39, 0.29) is 12.1 Å². The minimum Gasteiger partial charge on any atom is -0.497 e. The lowest BCUT2D eigenvalue weighted by Gasteiger charge is -2.18. The summed E-state index contributed by atoms with van der Waals surface area (Å²) in [5.74, 6) is 1.43. The van der Waals surface area contributed by atoms with Crippen molar-refractivity contribution in [3.05, 3.63) is 42.1 Å². The number of nitrogens with one attached hydrogen (secondary N) is 2. The smallest absolute Gasteiger partial charge is 0.319 e. The summed E-state index contributed by atoms with van der Waals surface area (Å²) >= 11 is 0. The molecule has 2 amide bonds. The molecule has 22 heavy (non-hydrogen) atoms. The summed E-state index contributed by atoms with van der Waals surface area (Å²) in [5, 5.41) is 5.73. The molecule has 1 aliphatic carbocycles. The molecule has 0 spiro atoms. The van der Waals surface area contributed by atoms with Gasteiger partial charge in [-0.25, -0.2) is 4.79 Å². The summed E-state index contributed by atoms with van der Waals surface area (Å²) in [5.41, 5.74) is 1.05. The molecule has 1 saturated carbocycles. The zero-order chi connectivity index (χ0) is 15.8. The van der Waals surface area contributed by atoms with Crippen molar-refractivity contribution < 1.29 is 9.53 Å². The van der Waals surface area contributed by atoms with Crippen LogP contribution in [-0.4, -0.2) is 13.1 Å². The van der Waals surface area contributed by atoms with Gasteiger partial charge < -0.3 is 15.4 Å². The molecular formula is C18H26N2O2. The number of rotatable bonds is 5. The van der Waals surface area contributed by atoms with Gasteiger partial charge in [0.05, 0.1) is 13.2 Å². The zero-order valence-corrected chi connectivity index (χ0v) is 13.5. The number of amides is 2. The topological polar surface area (TPSA) is 50.4 Å². The molecule has 2 rings (SSSR count). The summed E-state index contributed by atoms with van der Waals surface area (Å²) in [4.78, 5) is 11.9. The number of methoxy groups -OCH3 is 1. The van der Waals surface area contributed by atoms with Gasteiger partial charge in [0.2, 0.25) is 0 Å². The van der Waals surface area contributed by atoms with Crippen LogP contribution in [-0.2, 0) is 0 Å². The van der Waals surface area contributed by atoms with Gasteiger partial charge in [-0.05, 0) is 43.4 Å². The third kappa shape index (κ3) is 5.10. The molecule has 0 saturated heterocycles. The molecular weight excluding hydrogens is 276 g/mol. The molecule has 1 atom stereocenters. The van der Waals surface area contributed by atoms with Gasteiger partial charge in [0.25, 0.3) is 0 Å². The van der Waals surface area contributed by atoms with Crippen molar-refractivity contribution in [2.75, 3.05) is 7.11 Å². The van der Waals surface area contributed by atoms with Crippen molar-refractivity contribution in [1.29, 1.82) is 0 Å². The summed E-state index contributed by atoms with van der Waals surface area (Å²) < 4.78 is 5.13. The minimum atomic E-state index is -0.171. The van der Waals surface area contributed by atoms with Crippen LogP contribution >= 0.6 is 0 Å². The Balaban J connectivity index is 1.76. The maximum absolute atomic E-state index is 11.9. The fourth-order valence-corrected chi connectivity index (χ4v) is 2.80. The highest BCUT2D eigenvalue weighted by Crippen LogP contribution is 2.24. The summed E-state index contributed by atoms with van der Waals surface area (Å²) in [7, 11) is 1.64. The zero-order valence-electron chi connectivity index (χ0n) is 13.5. The van der Waals surface area contributed by atoms with E-state index < -0.39 is 0 Å². The maximum atomic E-state index is 11.9. The van der Waals surface area contributed by atoms with E-state index in [0.717, 1.165) is 11.3 Å². The van der Waals surface area contributed by atoms with Gasteiger partial charge in [-0.2, -0.15) is 0 Å². The van der Waals surface area contributed by atoms with Crippen LogP contribution in [0.3, 0.4) is 0 Å². The van der Waals surface area contributed by atoms with E-state index in [1.54, 1.807) is 13.3 Å². The Hall–Kier alpha value is -1.97. The summed E-state index contributed by atoms with van der Waals surface area (Å²) in [6.07, 6.45) is 10.3. The van der Waals surface area contributed by atoms with Crippen molar-refractivity contribution in [2.45, 2.75) is 45.1 Å². The molecule has 2 N–H and O–H groups in total. The Bertz CT molecular complexity index is 490. The second-order valence-corrected chi connectivity index (χ2v) is 5.87. The fourth-order valence-electron chi connectivity index (χ4n) is 2.80. The van der Waals surface area contributed by atoms with Crippen molar-refractivity contribution >= 4 is 6.03 Å². The fraction of sp³-hybridized carbons (Fsp3) is 0.500. The largest absolute Gasteiger partial charge is 0.497 e. The first-order chi connectivity index (χ1) is 10.7. The van der Waals surface area contributed by atoms with E-state index in [2.05, 4.69) is 16.7 Å². The molecule has 1 aromatic rings. The SMILES string of the molecule is COc1ccc(C(C)NC(=O)N/C=C/C2CCCCC2)cc1. The number of allylic oxidation sites excluding steroid dienone is 1. The van der Waals surface area contributed by atoms with Gasteiger partial charge in [-0.15, -0.1) is 0 Å². The number of benzene rings is 1. The van der Waals surface area contributed by atoms with Gasteiger partial charge in [0.1, 0.15) is 5.75 Å². The maximum Gasteiger partial charge on any atom is 0.319 e. The highest BCUT2D eigenvalue weighted by atomic mass is 16.5. The molecule has 0 heterocycles. The average molecular weight is 302 g/mol. The molecule has 0 aromatic heterocycles. The molecule has 1 aliphatic rings. The first-order valence-electron chi connectivity index (χ1n) is 8.06. The van der Waals surface area contributed by atoms with Gasteiger partial charge in [0.15, 0.2) is 0 Å². The van der Waals surface area contributed by atoms with Crippen LogP contribution in [0.5, 0.6) is 5.75 Å². The second-order valence-electron chi connectivity index (χ2n) is 5.87. The molecule has 1 aromatic carbocycles. The summed E-state index contributed by atoms with van der Waals surface area (Å²) in [6, 6.07) is 7.50. The highest BCUT2D eigenvalue weighted by molar-refractivity contribution is 5.75. The van der Waals surface area contributed by atoms with Crippen molar-refractivity contribution in [1.82, 2.24) is 10.6 Å². The Kier molecular flexibility index (Phi) is 6.31. The quantitative estimate of drug-likeness (QED) is 0.858. The highest BCUT2D eigenvalue weighted by Gasteiger charge is 2.11. The Morgan fingerprint density at radius 2 is 1.91 bits per heavy atom. The van der Waals surface area contributed by atoms with Crippen molar-refractivity contribution in [3.63, 3.8) is 0 Å². The second kappa shape index (κ2) is 8.47. The van der Waals surface area contributed by atoms with Crippen LogP contribution < -0.4 is 15.4 Å². The van der Waals surface area contributed by atoms with Crippen LogP contribution in [0.1, 0.15) is 50.6 Å². The molecule has 0 radical (unpaired) electrons. The number of carbonyl (C=O) groups excluding carboxylic acids is 1. The van der Waals surface area contributed by atoms with Crippen LogP contribution in [0.4, 0.5) is 4.79 Å². The lowest BCUT2D eigenvalue weighted by Crippen LogP contribution is -2.34. The minimum absolute atomic E-state index is 0.0472. The van der Waals surface area contributed by atoms with E-state index in [1.165, 1.54) is 32.1 Å². The number of ether oxygens (including phenoxy) is 1. The van der Waals surface area contributed by atoms with Gasteiger partial charge in [-0.3, -0.25) is 0 Å². The molecule has 4 heteroatoms. The number of urea groups is 1. The van der Waals surface area contributed by atoms with Gasteiger partial charge >= 0.3 is 6.03 Å². The van der Waals surface area contributed by atoms with E-state index >= 15 is 0 Å². The molecule has 4 nitrogen and oxygen atoms in total. The first-order valence-corrected chi connectivity index (χ1v) is 8.06. The predicted molar refractivity (Wildman–Crippen MR) is 88.8 cm³/mol. The van der Waals surface area contributed by atoms with Gasteiger partial charge in [0, 0.05) is 6.20 Å². The molecule has 120 valence electrons. The van der Waals surface area contributed by atoms with Crippen LogP contribution in [0.2, 0.25) is 0 Å². The lowest BCUT2D eigenvalue weighted by atomic mass is 9.89. The third-order valence-corrected chi connectivity index (χ3v) is 4.20. The van der Waals surface area contributed by atoms with E-state index in [0.29, 0.717) is 5.92 Å². The van der Waals surface area contributed by atoms with E-state index in [9.17, 15) is 4.79 Å². The van der Waals surface area contributed by atoms with Crippen LogP contribution in [0.15, 0.2) is 36.5 Å². The normalized spacial score (nSPS) is 17.2. The Labute approximate surface area is 132 Å². The van der Waals surface area contributed by atoms with Crippen LogP contribution in [0, 0.1) is 5.92 Å². The molecule has 1 fully saturated rings. The Morgan fingerprint density at radius 1 is 1.23 bits per heavy atom. The molecule has 1 unspecified atom stereocenters. The standard InChI is InChI=1S/C18H26N2O2/c1-14(16-8-10-17(22-2)11-9-16)20-18(21)19-13-12-15-6-4-3-5-7-15/h8-15H,3-7H2,1-2H3,(H2,19,20,21)/b13-12+. The first kappa shape index (κ1) is 16.4. The number of hydrogen-bond acceptors (Lipinski definition) is 2. The molecule has 0 aliphatic heterocycles. The number of carbonyl (C=O) groups is 1. The van der Waals surface area contributed by atoms with Crippen molar-refractivity contribution in [2.24, 2.45) is 5.92 Å². The monoisotopic (exact) mass is 302 g/mol. The summed E-state index contributed by atoms with van der Waals surface area (Å²) in [6.45, 7) is 1.96. The van der Waals surface area contributed by atoms with E-state index in [4.69, 9.17) is 4.74 Å². The average Bonchev–Trinajstić information content (AvgIpc) is 2.56.